The minimum absolute atomic E-state index is 0.251. The molecule has 0 fully saturated rings. The Morgan fingerprint density at radius 3 is 3.06 bits per heavy atom. The molecule has 4 nitrogen and oxygen atoms in total. The molecule has 3 rings (SSSR count). The number of aromatic amines is 1. The molecule has 1 aromatic carbocycles. The SMILES string of the molecule is Nc1cc(-c2ccc3c(c2F)CCO3)[nH]n1. The van der Waals surface area contributed by atoms with E-state index in [0.717, 1.165) is 0 Å². The lowest BCUT2D eigenvalue weighted by Gasteiger charge is -2.04. The van der Waals surface area contributed by atoms with Gasteiger partial charge in [-0.1, -0.05) is 0 Å². The quantitative estimate of drug-likeness (QED) is 0.767. The van der Waals surface area contributed by atoms with E-state index in [9.17, 15) is 4.39 Å². The van der Waals surface area contributed by atoms with Crippen molar-refractivity contribution in [2.45, 2.75) is 6.42 Å². The maximum absolute atomic E-state index is 14.1. The van der Waals surface area contributed by atoms with Gasteiger partial charge in [-0.05, 0) is 12.1 Å². The van der Waals surface area contributed by atoms with Crippen LogP contribution in [0.5, 0.6) is 5.75 Å². The zero-order chi connectivity index (χ0) is 11.1. The molecule has 5 heteroatoms. The van der Waals surface area contributed by atoms with Gasteiger partial charge in [0, 0.05) is 23.6 Å². The number of fused-ring (bicyclic) bond motifs is 1. The van der Waals surface area contributed by atoms with Crippen LogP contribution in [0.25, 0.3) is 11.3 Å². The first-order valence-corrected chi connectivity index (χ1v) is 5.01. The van der Waals surface area contributed by atoms with Crippen molar-refractivity contribution < 1.29 is 9.13 Å². The van der Waals surface area contributed by atoms with Crippen LogP contribution in [0.2, 0.25) is 0 Å². The summed E-state index contributed by atoms with van der Waals surface area (Å²) in [5, 5.41) is 6.48. The van der Waals surface area contributed by atoms with E-state index >= 15 is 0 Å². The second kappa shape index (κ2) is 3.23. The van der Waals surface area contributed by atoms with Crippen molar-refractivity contribution in [3.05, 3.63) is 29.6 Å². The van der Waals surface area contributed by atoms with Crippen LogP contribution >= 0.6 is 0 Å². The predicted molar refractivity (Wildman–Crippen MR) is 57.6 cm³/mol. The van der Waals surface area contributed by atoms with E-state index in [0.29, 0.717) is 41.4 Å². The van der Waals surface area contributed by atoms with Crippen molar-refractivity contribution in [2.24, 2.45) is 0 Å². The molecule has 0 bridgehead atoms. The average Bonchev–Trinajstić information content (AvgIpc) is 2.87. The fourth-order valence-electron chi connectivity index (χ4n) is 1.92. The molecule has 0 unspecified atom stereocenters. The topological polar surface area (TPSA) is 63.9 Å². The Bertz CT molecular complexity index is 550. The summed E-state index contributed by atoms with van der Waals surface area (Å²) in [6.45, 7) is 0.542. The second-order valence-corrected chi connectivity index (χ2v) is 3.71. The Balaban J connectivity index is 2.15. The van der Waals surface area contributed by atoms with Crippen LogP contribution < -0.4 is 10.5 Å². The van der Waals surface area contributed by atoms with Crippen LogP contribution in [0.15, 0.2) is 18.2 Å². The van der Waals surface area contributed by atoms with Gasteiger partial charge in [-0.15, -0.1) is 0 Å². The van der Waals surface area contributed by atoms with Gasteiger partial charge >= 0.3 is 0 Å². The summed E-state index contributed by atoms with van der Waals surface area (Å²) in [6, 6.07) is 5.06. The number of halogens is 1. The van der Waals surface area contributed by atoms with E-state index in [1.165, 1.54) is 0 Å². The molecule has 0 amide bonds. The molecule has 16 heavy (non-hydrogen) atoms. The first kappa shape index (κ1) is 9.21. The molecule has 3 N–H and O–H groups in total. The zero-order valence-corrected chi connectivity index (χ0v) is 8.46. The van der Waals surface area contributed by atoms with Gasteiger partial charge < -0.3 is 10.5 Å². The lowest BCUT2D eigenvalue weighted by molar-refractivity contribution is 0.357. The van der Waals surface area contributed by atoms with Crippen LogP contribution in [0.3, 0.4) is 0 Å². The minimum Gasteiger partial charge on any atom is -0.493 e. The van der Waals surface area contributed by atoms with Gasteiger partial charge in [0.25, 0.3) is 0 Å². The molecule has 2 aromatic rings. The van der Waals surface area contributed by atoms with Gasteiger partial charge in [0.15, 0.2) is 0 Å². The van der Waals surface area contributed by atoms with E-state index in [2.05, 4.69) is 10.2 Å². The van der Waals surface area contributed by atoms with Crippen molar-refractivity contribution in [3.63, 3.8) is 0 Å². The molecule has 0 spiro atoms. The van der Waals surface area contributed by atoms with Crippen LogP contribution in [0.4, 0.5) is 10.2 Å². The highest BCUT2D eigenvalue weighted by atomic mass is 19.1. The summed E-state index contributed by atoms with van der Waals surface area (Å²) < 4.78 is 19.4. The van der Waals surface area contributed by atoms with E-state index in [4.69, 9.17) is 10.5 Å². The Kier molecular flexibility index (Phi) is 1.86. The first-order valence-electron chi connectivity index (χ1n) is 5.01. The number of nitrogens with one attached hydrogen (secondary N) is 1. The Morgan fingerprint density at radius 1 is 1.44 bits per heavy atom. The maximum atomic E-state index is 14.1. The monoisotopic (exact) mass is 219 g/mol. The summed E-state index contributed by atoms with van der Waals surface area (Å²) in [5.41, 5.74) is 7.19. The number of H-pyrrole nitrogens is 1. The van der Waals surface area contributed by atoms with Crippen molar-refractivity contribution in [1.82, 2.24) is 10.2 Å². The summed E-state index contributed by atoms with van der Waals surface area (Å²) in [5.74, 6) is 0.735. The summed E-state index contributed by atoms with van der Waals surface area (Å²) in [4.78, 5) is 0. The van der Waals surface area contributed by atoms with Gasteiger partial charge in [0.1, 0.15) is 17.4 Å². The molecule has 0 aliphatic carbocycles. The maximum Gasteiger partial charge on any atom is 0.145 e. The van der Waals surface area contributed by atoms with Crippen molar-refractivity contribution >= 4 is 5.82 Å². The first-order chi connectivity index (χ1) is 7.75. The van der Waals surface area contributed by atoms with E-state index in [-0.39, 0.29) is 5.82 Å². The number of hydrogen-bond donors (Lipinski definition) is 2. The summed E-state index contributed by atoms with van der Waals surface area (Å²) >= 11 is 0. The smallest absolute Gasteiger partial charge is 0.145 e. The fraction of sp³-hybridized carbons (Fsp3) is 0.182. The standard InChI is InChI=1S/C11H10FN3O/c12-11-6(8-5-10(13)15-14-8)1-2-9-7(11)3-4-16-9/h1-2,5H,3-4H2,(H3,13,14,15). The molecule has 1 aliphatic rings. The number of ether oxygens (including phenoxy) is 1. The molecular weight excluding hydrogens is 209 g/mol. The highest BCUT2D eigenvalue weighted by molar-refractivity contribution is 5.65. The van der Waals surface area contributed by atoms with Gasteiger partial charge in [-0.3, -0.25) is 5.10 Å². The lowest BCUT2D eigenvalue weighted by atomic mass is 10.1. The third kappa shape index (κ3) is 1.25. The average molecular weight is 219 g/mol. The van der Waals surface area contributed by atoms with Gasteiger partial charge in [0.2, 0.25) is 0 Å². The molecule has 1 aromatic heterocycles. The van der Waals surface area contributed by atoms with Crippen LogP contribution in [0, 0.1) is 5.82 Å². The van der Waals surface area contributed by atoms with Gasteiger partial charge in [0.05, 0.1) is 12.3 Å². The van der Waals surface area contributed by atoms with Gasteiger partial charge in [-0.2, -0.15) is 5.10 Å². The summed E-state index contributed by atoms with van der Waals surface area (Å²) in [7, 11) is 0. The van der Waals surface area contributed by atoms with Crippen molar-refractivity contribution in [1.29, 1.82) is 0 Å². The molecule has 2 heterocycles. The Morgan fingerprint density at radius 2 is 2.31 bits per heavy atom. The van der Waals surface area contributed by atoms with E-state index < -0.39 is 0 Å². The molecule has 0 saturated heterocycles. The second-order valence-electron chi connectivity index (χ2n) is 3.71. The number of nitrogens with two attached hydrogens (primary N) is 1. The minimum atomic E-state index is -0.251. The Hall–Kier alpha value is -2.04. The molecule has 1 aliphatic heterocycles. The van der Waals surface area contributed by atoms with Crippen LogP contribution in [-0.4, -0.2) is 16.8 Å². The third-order valence-corrected chi connectivity index (χ3v) is 2.70. The number of anilines is 1. The summed E-state index contributed by atoms with van der Waals surface area (Å²) in [6.07, 6.45) is 0.610. The normalized spacial score (nSPS) is 13.6. The van der Waals surface area contributed by atoms with Gasteiger partial charge in [-0.25, -0.2) is 4.39 Å². The fourth-order valence-corrected chi connectivity index (χ4v) is 1.92. The van der Waals surface area contributed by atoms with E-state index in [1.54, 1.807) is 18.2 Å². The number of nitrogen functional groups attached to an aromatic ring is 1. The van der Waals surface area contributed by atoms with Crippen LogP contribution in [0.1, 0.15) is 5.56 Å². The Labute approximate surface area is 91.2 Å². The number of rotatable bonds is 1. The van der Waals surface area contributed by atoms with E-state index in [1.807, 2.05) is 0 Å². The number of nitrogens with zero attached hydrogens (tertiary/aromatic N) is 1. The lowest BCUT2D eigenvalue weighted by Crippen LogP contribution is -1.90. The molecular formula is C11H10FN3O. The number of benzene rings is 1. The number of aromatic nitrogens is 2. The molecule has 0 atom stereocenters. The van der Waals surface area contributed by atoms with Crippen molar-refractivity contribution in [2.75, 3.05) is 12.3 Å². The molecule has 0 saturated carbocycles. The third-order valence-electron chi connectivity index (χ3n) is 2.70. The largest absolute Gasteiger partial charge is 0.493 e. The molecule has 0 radical (unpaired) electrons. The highest BCUT2D eigenvalue weighted by Gasteiger charge is 2.20. The van der Waals surface area contributed by atoms with Crippen LogP contribution in [-0.2, 0) is 6.42 Å². The number of hydrogen-bond acceptors (Lipinski definition) is 3. The predicted octanol–water partition coefficient (Wildman–Crippen LogP) is 1.73. The van der Waals surface area contributed by atoms with Crippen molar-refractivity contribution in [3.8, 4) is 17.0 Å². The zero-order valence-electron chi connectivity index (χ0n) is 8.46. The highest BCUT2D eigenvalue weighted by Crippen LogP contribution is 2.33. The molecule has 82 valence electrons.